The van der Waals surface area contributed by atoms with E-state index < -0.39 is 0 Å². The van der Waals surface area contributed by atoms with Gasteiger partial charge in [-0.3, -0.25) is 0 Å². The summed E-state index contributed by atoms with van der Waals surface area (Å²) in [4.78, 5) is 0. The van der Waals surface area contributed by atoms with Gasteiger partial charge in [0.2, 0.25) is 0 Å². The number of halogens is 1. The van der Waals surface area contributed by atoms with E-state index in [4.69, 9.17) is 0 Å². The van der Waals surface area contributed by atoms with Crippen molar-refractivity contribution in [1.29, 1.82) is 0 Å². The van der Waals surface area contributed by atoms with Crippen molar-refractivity contribution in [2.75, 3.05) is 0 Å². The van der Waals surface area contributed by atoms with E-state index >= 15 is 0 Å². The predicted molar refractivity (Wildman–Crippen MR) is 55.7 cm³/mol. The van der Waals surface area contributed by atoms with E-state index in [1.165, 1.54) is 18.5 Å². The molecule has 1 saturated carbocycles. The van der Waals surface area contributed by atoms with Crippen LogP contribution in [0.2, 0.25) is 0 Å². The van der Waals surface area contributed by atoms with E-state index in [2.05, 4.69) is 48.2 Å². The maximum absolute atomic E-state index is 2.42. The lowest BCUT2D eigenvalue weighted by Crippen LogP contribution is -3.00. The molecule has 3 atom stereocenters. The van der Waals surface area contributed by atoms with Crippen molar-refractivity contribution in [3.05, 3.63) is 42.2 Å². The highest BCUT2D eigenvalue weighted by molar-refractivity contribution is 5.19. The number of aromatic nitrogens is 1. The van der Waals surface area contributed by atoms with E-state index in [0.717, 1.165) is 17.8 Å². The Kier molecular flexibility index (Phi) is 3.14. The standard InChI is InChI=1S/C13H16N.HI/c1-14-7-3-2-4-13(14)12-9-10-5-6-11(12)8-10;/h2-7,10-12H,8-9H2,1H3;1H/q+1;/p-1. The lowest BCUT2D eigenvalue weighted by atomic mass is 9.90. The topological polar surface area (TPSA) is 3.88 Å². The molecule has 15 heavy (non-hydrogen) atoms. The minimum atomic E-state index is 0. The first-order valence-corrected chi connectivity index (χ1v) is 5.47. The van der Waals surface area contributed by atoms with Crippen LogP contribution in [0.25, 0.3) is 0 Å². The fraction of sp³-hybridized carbons (Fsp3) is 0.462. The molecular weight excluding hydrogens is 297 g/mol. The number of rotatable bonds is 1. The smallest absolute Gasteiger partial charge is 0.184 e. The minimum absolute atomic E-state index is 0. The molecule has 0 aromatic carbocycles. The molecule has 0 radical (unpaired) electrons. The van der Waals surface area contributed by atoms with Crippen LogP contribution in [-0.4, -0.2) is 0 Å². The molecule has 2 heteroatoms. The summed E-state index contributed by atoms with van der Waals surface area (Å²) in [6, 6.07) is 6.54. The Hall–Kier alpha value is -0.380. The molecule has 1 nitrogen and oxygen atoms in total. The van der Waals surface area contributed by atoms with Gasteiger partial charge in [0.25, 0.3) is 0 Å². The van der Waals surface area contributed by atoms with Crippen LogP contribution in [0.15, 0.2) is 36.5 Å². The molecule has 1 fully saturated rings. The van der Waals surface area contributed by atoms with Crippen molar-refractivity contribution in [3.8, 4) is 0 Å². The number of pyridine rings is 1. The van der Waals surface area contributed by atoms with E-state index in [1.807, 2.05) is 0 Å². The zero-order valence-electron chi connectivity index (χ0n) is 8.94. The SMILES string of the molecule is C[n+]1ccccc1C1CC2C=CC1C2.[I-]. The predicted octanol–water partition coefficient (Wildman–Crippen LogP) is -0.805. The van der Waals surface area contributed by atoms with Crippen molar-refractivity contribution in [2.45, 2.75) is 18.8 Å². The first-order chi connectivity index (χ1) is 6.84. The van der Waals surface area contributed by atoms with Gasteiger partial charge < -0.3 is 24.0 Å². The Morgan fingerprint density at radius 1 is 1.20 bits per heavy atom. The van der Waals surface area contributed by atoms with Crippen LogP contribution in [0, 0.1) is 11.8 Å². The van der Waals surface area contributed by atoms with Crippen LogP contribution in [0.4, 0.5) is 0 Å². The normalized spacial score (nSPS) is 31.7. The molecule has 0 N–H and O–H groups in total. The largest absolute Gasteiger partial charge is 1.00 e. The average Bonchev–Trinajstić information content (AvgIpc) is 2.79. The van der Waals surface area contributed by atoms with E-state index in [9.17, 15) is 0 Å². The van der Waals surface area contributed by atoms with Crippen molar-refractivity contribution in [3.63, 3.8) is 0 Å². The second-order valence-electron chi connectivity index (χ2n) is 4.62. The Morgan fingerprint density at radius 2 is 2.07 bits per heavy atom. The fourth-order valence-corrected chi connectivity index (χ4v) is 3.04. The number of hydrogen-bond acceptors (Lipinski definition) is 0. The Balaban J connectivity index is 0.000000853. The Labute approximate surface area is 108 Å². The van der Waals surface area contributed by atoms with Crippen LogP contribution < -0.4 is 28.5 Å². The summed E-state index contributed by atoms with van der Waals surface area (Å²) in [6.07, 6.45) is 9.74. The van der Waals surface area contributed by atoms with Gasteiger partial charge in [0, 0.05) is 12.1 Å². The minimum Gasteiger partial charge on any atom is -1.00 e. The zero-order chi connectivity index (χ0) is 9.54. The van der Waals surface area contributed by atoms with Gasteiger partial charge >= 0.3 is 0 Å². The number of aryl methyl sites for hydroxylation is 1. The van der Waals surface area contributed by atoms with Gasteiger partial charge in [0.1, 0.15) is 7.05 Å². The Bertz CT molecular complexity index is 386. The van der Waals surface area contributed by atoms with Gasteiger partial charge in [-0.1, -0.05) is 18.2 Å². The zero-order valence-corrected chi connectivity index (χ0v) is 11.1. The first-order valence-electron chi connectivity index (χ1n) is 5.47. The second kappa shape index (κ2) is 4.24. The summed E-state index contributed by atoms with van der Waals surface area (Å²) in [7, 11) is 2.16. The Morgan fingerprint density at radius 3 is 2.67 bits per heavy atom. The second-order valence-corrected chi connectivity index (χ2v) is 4.62. The van der Waals surface area contributed by atoms with Crippen molar-refractivity contribution >= 4 is 0 Å². The molecule has 2 aliphatic carbocycles. The maximum atomic E-state index is 2.42. The highest BCUT2D eigenvalue weighted by Crippen LogP contribution is 2.47. The summed E-state index contributed by atoms with van der Waals surface area (Å²) in [5.41, 5.74) is 1.50. The van der Waals surface area contributed by atoms with Gasteiger partial charge in [-0.15, -0.1) is 0 Å². The van der Waals surface area contributed by atoms with Gasteiger partial charge in [0.05, 0.1) is 5.92 Å². The molecule has 1 aromatic rings. The quantitative estimate of drug-likeness (QED) is 0.363. The van der Waals surface area contributed by atoms with Gasteiger partial charge in [0.15, 0.2) is 11.9 Å². The van der Waals surface area contributed by atoms with Crippen LogP contribution >= 0.6 is 0 Å². The molecule has 0 amide bonds. The van der Waals surface area contributed by atoms with E-state index in [0.29, 0.717) is 0 Å². The monoisotopic (exact) mass is 313 g/mol. The maximum Gasteiger partial charge on any atom is 0.184 e. The number of fused-ring (bicyclic) bond motifs is 2. The summed E-state index contributed by atoms with van der Waals surface area (Å²) in [5, 5.41) is 0. The summed E-state index contributed by atoms with van der Waals surface area (Å²) < 4.78 is 2.28. The van der Waals surface area contributed by atoms with Crippen LogP contribution in [0.3, 0.4) is 0 Å². The average molecular weight is 313 g/mol. The van der Waals surface area contributed by atoms with Crippen molar-refractivity contribution in [2.24, 2.45) is 18.9 Å². The van der Waals surface area contributed by atoms with Gasteiger partial charge in [-0.05, 0) is 24.7 Å². The summed E-state index contributed by atoms with van der Waals surface area (Å²) in [5.74, 6) is 2.45. The third kappa shape index (κ3) is 1.84. The lowest BCUT2D eigenvalue weighted by molar-refractivity contribution is -0.680. The lowest BCUT2D eigenvalue weighted by Gasteiger charge is -2.15. The highest BCUT2D eigenvalue weighted by Gasteiger charge is 2.39. The molecule has 3 rings (SSSR count). The molecule has 0 saturated heterocycles. The van der Waals surface area contributed by atoms with Gasteiger partial charge in [-0.25, -0.2) is 4.57 Å². The third-order valence-corrected chi connectivity index (χ3v) is 3.75. The fourth-order valence-electron chi connectivity index (χ4n) is 3.04. The van der Waals surface area contributed by atoms with Gasteiger partial charge in [-0.2, -0.15) is 0 Å². The summed E-state index contributed by atoms with van der Waals surface area (Å²) >= 11 is 0. The number of allylic oxidation sites excluding steroid dienone is 2. The molecule has 2 bridgehead atoms. The molecule has 0 spiro atoms. The molecule has 3 unspecified atom stereocenters. The van der Waals surface area contributed by atoms with E-state index in [1.54, 1.807) is 0 Å². The third-order valence-electron chi connectivity index (χ3n) is 3.75. The van der Waals surface area contributed by atoms with E-state index in [-0.39, 0.29) is 24.0 Å². The van der Waals surface area contributed by atoms with Crippen molar-refractivity contribution in [1.82, 2.24) is 0 Å². The number of hydrogen-bond donors (Lipinski definition) is 0. The van der Waals surface area contributed by atoms with Crippen LogP contribution in [0.5, 0.6) is 0 Å². The molecule has 2 aliphatic rings. The number of nitrogens with zero attached hydrogens (tertiary/aromatic N) is 1. The first kappa shape index (κ1) is 11.1. The highest BCUT2D eigenvalue weighted by atomic mass is 127. The van der Waals surface area contributed by atoms with Crippen LogP contribution in [-0.2, 0) is 7.05 Å². The summed E-state index contributed by atoms with van der Waals surface area (Å²) in [6.45, 7) is 0. The molecule has 1 aromatic heterocycles. The molecule has 1 heterocycles. The molecule has 0 aliphatic heterocycles. The van der Waals surface area contributed by atoms with Crippen molar-refractivity contribution < 1.29 is 28.5 Å². The van der Waals surface area contributed by atoms with Crippen LogP contribution in [0.1, 0.15) is 24.5 Å². The molecule has 80 valence electrons. The molecular formula is C13H16IN.